The van der Waals surface area contributed by atoms with E-state index < -0.39 is 25.5 Å². The minimum atomic E-state index is -2.93. The van der Waals surface area contributed by atoms with Gasteiger partial charge in [0.15, 0.2) is 0 Å². The summed E-state index contributed by atoms with van der Waals surface area (Å²) in [6, 6.07) is 46.8. The van der Waals surface area contributed by atoms with Crippen LogP contribution in [0.5, 0.6) is 0 Å². The number of benzene rings is 6. The lowest BCUT2D eigenvalue weighted by atomic mass is 9.73. The minimum Gasteiger partial charge on any atom is -0.0776 e. The van der Waals surface area contributed by atoms with Gasteiger partial charge < -0.3 is 0 Å². The molecule has 6 aromatic carbocycles. The zero-order valence-electron chi connectivity index (χ0n) is 72.8. The van der Waals surface area contributed by atoms with Crippen molar-refractivity contribution in [2.24, 2.45) is 0 Å². The van der Waals surface area contributed by atoms with Crippen molar-refractivity contribution in [3.05, 3.63) is 211 Å². The molecule has 0 aliphatic carbocycles. The Hall–Kier alpha value is -4.68. The van der Waals surface area contributed by atoms with Gasteiger partial charge in [-0.15, -0.1) is 0 Å². The SMILES string of the molecule is C.C.C.C.C.C.CC(C)(C)c1cc(C(C)(C)C)cc(C(C)(C)C)c1.CC(C)(C)c1ccc(C(C)(C)C)c(C(C)(C)C)c1.CC(C)(C)c1ccc(C(C)(C)C)cc1.CC(C)c1ccc(C(C)(C)C)cc1.[2H]C(C)(C)c1ccc(C(C)(C)C)cc1.[2H]C([2H])([2H])C([2H])(c1ccc(C(C)(C)C)cc1)C([2H])([2H])[2H]. The molecule has 0 saturated carbocycles. The van der Waals surface area contributed by atoms with Crippen molar-refractivity contribution in [2.75, 3.05) is 0 Å². The second-order valence-electron chi connectivity index (χ2n) is 37.2. The van der Waals surface area contributed by atoms with Crippen LogP contribution in [0.15, 0.2) is 133 Å². The van der Waals surface area contributed by atoms with Crippen LogP contribution in [-0.4, -0.2) is 0 Å². The van der Waals surface area contributed by atoms with E-state index in [4.69, 9.17) is 11.0 Å². The third-order valence-corrected chi connectivity index (χ3v) is 16.5. The summed E-state index contributed by atoms with van der Waals surface area (Å²) < 4.78 is 60.6. The van der Waals surface area contributed by atoms with Gasteiger partial charge in [-0.1, -0.05) is 448 Å². The van der Waals surface area contributed by atoms with Crippen LogP contribution < -0.4 is 0 Å². The molecule has 0 heteroatoms. The van der Waals surface area contributed by atoms with Crippen molar-refractivity contribution in [3.8, 4) is 0 Å². The molecule has 0 atom stereocenters. The van der Waals surface area contributed by atoms with E-state index in [1.807, 2.05) is 34.6 Å². The molecule has 0 fully saturated rings. The van der Waals surface area contributed by atoms with Crippen molar-refractivity contribution in [1.29, 1.82) is 0 Å². The Morgan fingerprint density at radius 1 is 0.211 bits per heavy atom. The Kier molecular flexibility index (Phi) is 34.4. The standard InChI is InChI=1S/2C18H30.C14H22.3C13H20.6CH4/c1-16(2,3)13-10-14(17(4,5)6)12-15(11-13)18(7,8)9;1-16(2,3)13-10-11-14(17(4,5)6)15(12-13)18(7,8)9;1-13(2,3)11-7-9-12(10-8-11)14(4,5)6;3*1-10(2)11-6-8-12(9-7-11)13(3,4)5;;;;;;/h2*10-12H,1-9H3;7-10H,1-6H3;3*6-10H,1-5H3;6*1H4/i;;;1D3,2D3,10D;10D;;;;;;;. The van der Waals surface area contributed by atoms with Gasteiger partial charge in [0, 0.05) is 11.0 Å². The van der Waals surface area contributed by atoms with E-state index in [1.165, 1.54) is 73.3 Å². The summed E-state index contributed by atoms with van der Waals surface area (Å²) in [5.74, 6) is -2.47. The Morgan fingerprint density at radius 3 is 0.579 bits per heavy atom. The summed E-state index contributed by atoms with van der Waals surface area (Å²) in [7, 11) is 0. The van der Waals surface area contributed by atoms with Crippen LogP contribution >= 0.6 is 0 Å². The Labute approximate surface area is 611 Å². The Morgan fingerprint density at radius 2 is 0.400 bits per heavy atom. The van der Waals surface area contributed by atoms with Crippen LogP contribution in [0, 0.1) is 0 Å². The molecule has 6 rings (SSSR count). The molecule has 0 aromatic heterocycles. The molecular weight excluding hydrogens is 1140 g/mol. The van der Waals surface area contributed by atoms with Gasteiger partial charge in [0.2, 0.25) is 0 Å². The first-order valence-electron chi connectivity index (χ1n) is 37.4. The van der Waals surface area contributed by atoms with E-state index in [1.54, 1.807) is 12.1 Å². The molecule has 0 aliphatic heterocycles. The molecule has 0 unspecified atom stereocenters. The Bertz CT molecular complexity index is 3110. The zero-order chi connectivity index (χ0) is 76.7. The average molecular weight is 1320 g/mol. The van der Waals surface area contributed by atoms with Gasteiger partial charge in [0.1, 0.15) is 0 Å². The minimum absolute atomic E-state index is 0. The first kappa shape index (κ1) is 84.5. The molecule has 95 heavy (non-hydrogen) atoms. The number of rotatable bonds is 3. The fraction of sp³-hybridized carbons (Fsp3) is 0.621. The van der Waals surface area contributed by atoms with Crippen LogP contribution in [-0.2, 0) is 59.6 Å². The second-order valence-corrected chi connectivity index (χ2v) is 37.2. The summed E-state index contributed by atoms with van der Waals surface area (Å²) in [5, 5.41) is 0. The van der Waals surface area contributed by atoms with Gasteiger partial charge in [0.25, 0.3) is 0 Å². The molecule has 0 radical (unpaired) electrons. The molecule has 546 valence electrons. The normalized spacial score (nSPS) is 13.9. The Balaban J connectivity index is -0.000000272. The maximum absolute atomic E-state index is 8.07. The monoisotopic (exact) mass is 1320 g/mol. The van der Waals surface area contributed by atoms with Gasteiger partial charge in [-0.2, -0.15) is 0 Å². The van der Waals surface area contributed by atoms with E-state index in [-0.39, 0.29) is 110 Å². The van der Waals surface area contributed by atoms with Crippen molar-refractivity contribution in [1.82, 2.24) is 0 Å². The molecule has 0 aliphatic rings. The third-order valence-electron chi connectivity index (χ3n) is 16.5. The molecule has 0 heterocycles. The van der Waals surface area contributed by atoms with Gasteiger partial charge >= 0.3 is 0 Å². The van der Waals surface area contributed by atoms with Crippen LogP contribution in [0.4, 0.5) is 0 Å². The number of hydrogen-bond donors (Lipinski definition) is 0. The summed E-state index contributed by atoms with van der Waals surface area (Å²) in [5.41, 5.74) is 19.9. The predicted molar refractivity (Wildman–Crippen MR) is 447 cm³/mol. The van der Waals surface area contributed by atoms with E-state index in [0.29, 0.717) is 5.92 Å². The number of hydrogen-bond acceptors (Lipinski definition) is 0. The van der Waals surface area contributed by atoms with E-state index >= 15 is 0 Å². The van der Waals surface area contributed by atoms with Crippen molar-refractivity contribution in [3.63, 3.8) is 0 Å². The molecule has 0 nitrogen and oxygen atoms in total. The van der Waals surface area contributed by atoms with Gasteiger partial charge in [-0.3, -0.25) is 0 Å². The molecule has 0 amide bonds. The van der Waals surface area contributed by atoms with Crippen LogP contribution in [0.3, 0.4) is 0 Å². The summed E-state index contributed by atoms with van der Waals surface area (Å²) in [4.78, 5) is 0. The molecule has 0 bridgehead atoms. The first-order chi connectivity index (χ1) is 42.7. The maximum atomic E-state index is 8.07. The van der Waals surface area contributed by atoms with Crippen LogP contribution in [0.25, 0.3) is 0 Å². The highest BCUT2D eigenvalue weighted by atomic mass is 14.3. The first-order valence-corrected chi connectivity index (χ1v) is 33.4. The lowest BCUT2D eigenvalue weighted by Gasteiger charge is -2.32. The van der Waals surface area contributed by atoms with E-state index in [0.717, 1.165) is 11.1 Å². The van der Waals surface area contributed by atoms with E-state index in [2.05, 4.69) is 331 Å². The van der Waals surface area contributed by atoms with Crippen LogP contribution in [0.2, 0.25) is 0 Å². The predicted octanol–water partition coefficient (Wildman–Crippen LogP) is 31.6. The quantitative estimate of drug-likeness (QED) is 0.166. The third kappa shape index (κ3) is 35.6. The highest BCUT2D eigenvalue weighted by Crippen LogP contribution is 2.38. The van der Waals surface area contributed by atoms with Gasteiger partial charge in [-0.05, 0) is 155 Å². The molecule has 6 aromatic rings. The molecule has 0 saturated heterocycles. The molecular formula is C95H166. The summed E-state index contributed by atoms with van der Waals surface area (Å²) in [6.07, 6.45) is 0. The van der Waals surface area contributed by atoms with Gasteiger partial charge in [-0.25, -0.2) is 0 Å². The maximum Gasteiger partial charge on any atom is 0.0347 e. The largest absolute Gasteiger partial charge is 0.0776 e. The highest BCUT2D eigenvalue weighted by molar-refractivity contribution is 5.43. The van der Waals surface area contributed by atoms with Gasteiger partial charge in [0.05, 0.1) is 0 Å². The highest BCUT2D eigenvalue weighted by Gasteiger charge is 2.28. The molecule has 0 N–H and O–H groups in total. The lowest BCUT2D eigenvalue weighted by Crippen LogP contribution is -2.23. The fourth-order valence-electron chi connectivity index (χ4n) is 9.49. The smallest absolute Gasteiger partial charge is 0.0347 e. The van der Waals surface area contributed by atoms with Crippen molar-refractivity contribution in [2.45, 2.75) is 392 Å². The van der Waals surface area contributed by atoms with E-state index in [9.17, 15) is 0 Å². The van der Waals surface area contributed by atoms with Crippen molar-refractivity contribution < 1.29 is 11.0 Å². The lowest BCUT2D eigenvalue weighted by molar-refractivity contribution is 0.523. The zero-order valence-corrected chi connectivity index (χ0v) is 64.8. The topological polar surface area (TPSA) is 0 Å². The summed E-state index contributed by atoms with van der Waals surface area (Å²) in [6.45, 7) is 76.6. The van der Waals surface area contributed by atoms with Crippen LogP contribution in [0.1, 0.15) is 421 Å². The average Bonchev–Trinajstić information content (AvgIpc) is 0.747. The molecule has 0 spiro atoms. The fourth-order valence-corrected chi connectivity index (χ4v) is 9.49. The second kappa shape index (κ2) is 38.6. The summed E-state index contributed by atoms with van der Waals surface area (Å²) >= 11 is 0. The van der Waals surface area contributed by atoms with Crippen molar-refractivity contribution >= 4 is 0 Å².